The van der Waals surface area contributed by atoms with E-state index in [0.29, 0.717) is 25.5 Å². The monoisotopic (exact) mass is 286 g/mol. The van der Waals surface area contributed by atoms with Crippen LogP contribution in [0.3, 0.4) is 0 Å². The normalized spacial score (nSPS) is 11.4. The van der Waals surface area contributed by atoms with Gasteiger partial charge in [-0.2, -0.15) is 0 Å². The molecule has 3 N–H and O–H groups in total. The Morgan fingerprint density at radius 1 is 1.33 bits per heavy atom. The third-order valence-corrected chi connectivity index (χ3v) is 2.91. The molecule has 0 spiro atoms. The van der Waals surface area contributed by atoms with Crippen molar-refractivity contribution in [3.05, 3.63) is 48.0 Å². The number of pyridine rings is 1. The second-order valence-corrected chi connectivity index (χ2v) is 4.68. The summed E-state index contributed by atoms with van der Waals surface area (Å²) in [7, 11) is 0. The molecule has 2 heterocycles. The molecule has 0 unspecified atom stereocenters. The first-order chi connectivity index (χ1) is 10.2. The zero-order chi connectivity index (χ0) is 15.1. The molecule has 0 aliphatic heterocycles. The molecule has 0 bridgehead atoms. The van der Waals surface area contributed by atoms with Gasteiger partial charge >= 0.3 is 0 Å². The molecule has 0 saturated heterocycles. The lowest BCUT2D eigenvalue weighted by molar-refractivity contribution is 0.317. The number of hydrogen-bond acceptors (Lipinski definition) is 6. The van der Waals surface area contributed by atoms with Gasteiger partial charge in [-0.25, -0.2) is 9.97 Å². The first-order valence-electron chi connectivity index (χ1n) is 6.58. The van der Waals surface area contributed by atoms with Crippen molar-refractivity contribution in [2.75, 3.05) is 11.4 Å². The number of anilines is 1. The lowest BCUT2D eigenvalue weighted by Gasteiger charge is -2.22. The Morgan fingerprint density at radius 3 is 2.71 bits per heavy atom. The zero-order valence-electron chi connectivity index (χ0n) is 11.8. The smallest absolute Gasteiger partial charge is 0.225 e. The number of nitrogens with zero attached hydrogens (tertiary/aromatic N) is 5. The van der Waals surface area contributed by atoms with Crippen molar-refractivity contribution in [2.24, 2.45) is 10.9 Å². The van der Waals surface area contributed by atoms with Gasteiger partial charge < -0.3 is 15.8 Å². The Bertz CT molecular complexity index is 584. The molecule has 2 rings (SSSR count). The Kier molecular flexibility index (Phi) is 5.03. The lowest BCUT2D eigenvalue weighted by Crippen LogP contribution is -2.29. The summed E-state index contributed by atoms with van der Waals surface area (Å²) in [6.07, 6.45) is 7.48. The average Bonchev–Trinajstić information content (AvgIpc) is 2.53. The largest absolute Gasteiger partial charge is 0.409 e. The van der Waals surface area contributed by atoms with Gasteiger partial charge in [0.15, 0.2) is 0 Å². The number of aromatic nitrogens is 3. The van der Waals surface area contributed by atoms with E-state index in [2.05, 4.69) is 20.1 Å². The van der Waals surface area contributed by atoms with Crippen molar-refractivity contribution in [3.63, 3.8) is 0 Å². The molecule has 7 heteroatoms. The number of rotatable bonds is 6. The highest BCUT2D eigenvalue weighted by Gasteiger charge is 2.11. The summed E-state index contributed by atoms with van der Waals surface area (Å²) >= 11 is 0. The second kappa shape index (κ2) is 7.18. The van der Waals surface area contributed by atoms with E-state index >= 15 is 0 Å². The molecule has 0 amide bonds. The standard InChI is InChI=1S/C14H18N6O/c1-11-7-17-14(18-8-11)20(6-4-13(15)19-21)10-12-3-2-5-16-9-12/h2-3,5,7-9,21H,4,6,10H2,1H3,(H2,15,19). The molecule has 0 saturated carbocycles. The number of amidine groups is 1. The Labute approximate surface area is 123 Å². The topological polar surface area (TPSA) is 101 Å². The summed E-state index contributed by atoms with van der Waals surface area (Å²) < 4.78 is 0. The molecule has 21 heavy (non-hydrogen) atoms. The maximum absolute atomic E-state index is 8.65. The molecule has 0 aliphatic carbocycles. The van der Waals surface area contributed by atoms with E-state index in [4.69, 9.17) is 10.9 Å². The van der Waals surface area contributed by atoms with Gasteiger partial charge in [-0.1, -0.05) is 11.2 Å². The molecule has 7 nitrogen and oxygen atoms in total. The summed E-state index contributed by atoms with van der Waals surface area (Å²) in [5, 5.41) is 11.6. The maximum Gasteiger partial charge on any atom is 0.225 e. The molecule has 110 valence electrons. The lowest BCUT2D eigenvalue weighted by atomic mass is 10.2. The molecule has 2 aromatic heterocycles. The van der Waals surface area contributed by atoms with E-state index in [9.17, 15) is 0 Å². The quantitative estimate of drug-likeness (QED) is 0.359. The maximum atomic E-state index is 8.65. The third kappa shape index (κ3) is 4.41. The summed E-state index contributed by atoms with van der Waals surface area (Å²) in [5.74, 6) is 0.786. The number of oxime groups is 1. The third-order valence-electron chi connectivity index (χ3n) is 2.91. The summed E-state index contributed by atoms with van der Waals surface area (Å²) in [6.45, 7) is 3.09. The van der Waals surface area contributed by atoms with Crippen LogP contribution in [0.2, 0.25) is 0 Å². The number of aryl methyl sites for hydroxylation is 1. The highest BCUT2D eigenvalue weighted by atomic mass is 16.4. The fraction of sp³-hybridized carbons (Fsp3) is 0.286. The van der Waals surface area contributed by atoms with Crippen LogP contribution in [0.4, 0.5) is 5.95 Å². The van der Waals surface area contributed by atoms with Crippen LogP contribution >= 0.6 is 0 Å². The van der Waals surface area contributed by atoms with Crippen molar-refractivity contribution in [3.8, 4) is 0 Å². The van der Waals surface area contributed by atoms with Crippen molar-refractivity contribution in [1.29, 1.82) is 0 Å². The highest BCUT2D eigenvalue weighted by molar-refractivity contribution is 5.80. The summed E-state index contributed by atoms with van der Waals surface area (Å²) in [5.41, 5.74) is 7.58. The Morgan fingerprint density at radius 2 is 2.10 bits per heavy atom. The van der Waals surface area contributed by atoms with Gasteiger partial charge in [0.25, 0.3) is 0 Å². The Balaban J connectivity index is 2.15. The van der Waals surface area contributed by atoms with Crippen LogP contribution < -0.4 is 10.6 Å². The predicted octanol–water partition coefficient (Wildman–Crippen LogP) is 1.32. The average molecular weight is 286 g/mol. The van der Waals surface area contributed by atoms with Gasteiger partial charge in [0, 0.05) is 44.3 Å². The van der Waals surface area contributed by atoms with E-state index in [0.717, 1.165) is 11.1 Å². The van der Waals surface area contributed by atoms with Crippen LogP contribution in [-0.4, -0.2) is 32.5 Å². The molecule has 0 atom stereocenters. The van der Waals surface area contributed by atoms with Gasteiger partial charge in [-0.15, -0.1) is 0 Å². The first-order valence-corrected chi connectivity index (χ1v) is 6.58. The van der Waals surface area contributed by atoms with Gasteiger partial charge in [-0.05, 0) is 24.1 Å². The SMILES string of the molecule is Cc1cnc(N(CCC(N)=NO)Cc2cccnc2)nc1. The minimum atomic E-state index is 0.179. The molecular formula is C14H18N6O. The zero-order valence-corrected chi connectivity index (χ0v) is 11.8. The van der Waals surface area contributed by atoms with Gasteiger partial charge in [0.1, 0.15) is 5.84 Å². The molecule has 0 radical (unpaired) electrons. The van der Waals surface area contributed by atoms with E-state index in [1.54, 1.807) is 24.8 Å². The fourth-order valence-electron chi connectivity index (χ4n) is 1.81. The number of nitrogens with two attached hydrogens (primary N) is 1. The van der Waals surface area contributed by atoms with Crippen LogP contribution in [0.15, 0.2) is 42.1 Å². The van der Waals surface area contributed by atoms with Crippen molar-refractivity contribution >= 4 is 11.8 Å². The molecule has 2 aromatic rings. The summed E-state index contributed by atoms with van der Waals surface area (Å²) in [6, 6.07) is 3.87. The minimum absolute atomic E-state index is 0.179. The number of hydrogen-bond donors (Lipinski definition) is 2. The molecule has 0 aromatic carbocycles. The second-order valence-electron chi connectivity index (χ2n) is 4.68. The first kappa shape index (κ1) is 14.7. The van der Waals surface area contributed by atoms with Crippen LogP contribution in [0, 0.1) is 6.92 Å². The predicted molar refractivity (Wildman–Crippen MR) is 80.1 cm³/mol. The van der Waals surface area contributed by atoms with E-state index in [-0.39, 0.29) is 5.84 Å². The van der Waals surface area contributed by atoms with E-state index in [1.165, 1.54) is 0 Å². The highest BCUT2D eigenvalue weighted by Crippen LogP contribution is 2.12. The van der Waals surface area contributed by atoms with Crippen LogP contribution in [0.1, 0.15) is 17.5 Å². The van der Waals surface area contributed by atoms with Gasteiger partial charge in [-0.3, -0.25) is 4.98 Å². The molecule has 0 aliphatic rings. The fourth-order valence-corrected chi connectivity index (χ4v) is 1.81. The van der Waals surface area contributed by atoms with E-state index < -0.39 is 0 Å². The van der Waals surface area contributed by atoms with Crippen LogP contribution in [-0.2, 0) is 6.54 Å². The van der Waals surface area contributed by atoms with Gasteiger partial charge in [0.2, 0.25) is 5.95 Å². The van der Waals surface area contributed by atoms with E-state index in [1.807, 2.05) is 24.0 Å². The van der Waals surface area contributed by atoms with Crippen molar-refractivity contribution in [2.45, 2.75) is 19.9 Å². The van der Waals surface area contributed by atoms with Crippen molar-refractivity contribution in [1.82, 2.24) is 15.0 Å². The van der Waals surface area contributed by atoms with Crippen LogP contribution in [0.5, 0.6) is 0 Å². The Hall–Kier alpha value is -2.70. The van der Waals surface area contributed by atoms with Crippen molar-refractivity contribution < 1.29 is 5.21 Å². The molecular weight excluding hydrogens is 268 g/mol. The molecule has 0 fully saturated rings. The minimum Gasteiger partial charge on any atom is -0.409 e. The summed E-state index contributed by atoms with van der Waals surface area (Å²) in [4.78, 5) is 14.7. The van der Waals surface area contributed by atoms with Crippen LogP contribution in [0.25, 0.3) is 0 Å². The van der Waals surface area contributed by atoms with Gasteiger partial charge in [0.05, 0.1) is 0 Å².